The molecule has 43 heavy (non-hydrogen) atoms. The number of fused-ring (bicyclic) bond motifs is 5. The highest BCUT2D eigenvalue weighted by Crippen LogP contribution is 2.39. The molecule has 0 N–H and O–H groups in total. The van der Waals surface area contributed by atoms with E-state index in [-0.39, 0.29) is 0 Å². The second-order valence-corrected chi connectivity index (χ2v) is 13.6. The van der Waals surface area contributed by atoms with E-state index in [1.54, 1.807) is 0 Å². The van der Waals surface area contributed by atoms with Crippen LogP contribution < -0.4 is 9.75 Å². The van der Waals surface area contributed by atoms with Crippen molar-refractivity contribution in [1.82, 2.24) is 4.98 Å². The lowest BCUT2D eigenvalue weighted by atomic mass is 9.79. The molecule has 0 fully saturated rings. The Hall–Kier alpha value is -4.01. The number of hydrogen-bond donors (Lipinski definition) is 0. The Morgan fingerprint density at radius 3 is 2.49 bits per heavy atom. The van der Waals surface area contributed by atoms with Crippen molar-refractivity contribution in [3.63, 3.8) is 0 Å². The van der Waals surface area contributed by atoms with Crippen molar-refractivity contribution in [2.24, 2.45) is 5.92 Å². The van der Waals surface area contributed by atoms with Crippen LogP contribution in [0.5, 0.6) is 0 Å². The molecule has 2 heterocycles. The number of pyridine rings is 1. The molecular weight excluding hydrogens is 539 g/mol. The van der Waals surface area contributed by atoms with E-state index >= 15 is 0 Å². The molecule has 1 aliphatic rings. The Morgan fingerprint density at radius 2 is 1.67 bits per heavy atom. The van der Waals surface area contributed by atoms with Crippen LogP contribution in [-0.2, 0) is 6.42 Å². The third kappa shape index (κ3) is 5.23. The maximum absolute atomic E-state index is 4.94. The van der Waals surface area contributed by atoms with E-state index in [1.807, 2.05) is 11.3 Å². The lowest BCUT2D eigenvalue weighted by molar-refractivity contribution is 0.530. The van der Waals surface area contributed by atoms with Crippen LogP contribution in [0.3, 0.4) is 0 Å². The number of rotatable bonds is 7. The predicted molar refractivity (Wildman–Crippen MR) is 188 cm³/mol. The molecule has 7 rings (SSSR count). The standard InChI is InChI=1S/C41H39NS/c1-5-27(4)36-24-31(33-13-7-8-15-35(33)41(36)26(2)3)23-30(32-22-29-12-6-10-16-38(29)42-25-32)20-28-18-19-40-37(21-28)34-14-9-11-17-39(34)43-40/h5-17,19,21-22,24-26,28,30H,18,20,23H2,1-4H3. The molecule has 4 aromatic carbocycles. The Bertz CT molecular complexity index is 2130. The van der Waals surface area contributed by atoms with Gasteiger partial charge in [0.05, 0.1) is 5.52 Å². The average molecular weight is 578 g/mol. The van der Waals surface area contributed by atoms with Crippen LogP contribution in [0.1, 0.15) is 74.6 Å². The molecule has 214 valence electrons. The number of allylic oxidation sites excluding steroid dienone is 2. The van der Waals surface area contributed by atoms with E-state index in [4.69, 9.17) is 4.98 Å². The summed E-state index contributed by atoms with van der Waals surface area (Å²) in [5, 5.41) is 6.84. The SMILES string of the molecule is CC=C(C)c1cc(CC(CC2C=c3c(sc4ccccc34)=CC2)c2cnc3ccccc3c2)c2ccccc2c1C(C)C. The zero-order valence-corrected chi connectivity index (χ0v) is 26.4. The third-order valence-electron chi connectivity index (χ3n) is 9.41. The number of benzene rings is 4. The van der Waals surface area contributed by atoms with Crippen molar-refractivity contribution < 1.29 is 0 Å². The first-order valence-corrected chi connectivity index (χ1v) is 16.5. The van der Waals surface area contributed by atoms with Gasteiger partial charge in [0.15, 0.2) is 0 Å². The van der Waals surface area contributed by atoms with Gasteiger partial charge in [-0.1, -0.05) is 98.8 Å². The summed E-state index contributed by atoms with van der Waals surface area (Å²) in [6, 6.07) is 31.4. The molecule has 2 heteroatoms. The molecule has 0 spiro atoms. The van der Waals surface area contributed by atoms with Crippen LogP contribution in [0, 0.1) is 5.92 Å². The summed E-state index contributed by atoms with van der Waals surface area (Å²) < 4.78 is 2.82. The first-order valence-electron chi connectivity index (χ1n) is 15.7. The lowest BCUT2D eigenvalue weighted by Crippen LogP contribution is -2.25. The summed E-state index contributed by atoms with van der Waals surface area (Å²) in [6.07, 6.45) is 12.6. The Kier molecular flexibility index (Phi) is 7.49. The maximum Gasteiger partial charge on any atom is 0.0702 e. The number of nitrogens with zero attached hydrogens (tertiary/aromatic N) is 1. The van der Waals surface area contributed by atoms with Gasteiger partial charge in [-0.2, -0.15) is 0 Å². The van der Waals surface area contributed by atoms with Crippen molar-refractivity contribution in [2.45, 2.75) is 58.8 Å². The van der Waals surface area contributed by atoms with Gasteiger partial charge < -0.3 is 0 Å². The second-order valence-electron chi connectivity index (χ2n) is 12.5. The van der Waals surface area contributed by atoms with Gasteiger partial charge in [0, 0.05) is 20.8 Å². The monoisotopic (exact) mass is 577 g/mol. The van der Waals surface area contributed by atoms with Gasteiger partial charge in [0.1, 0.15) is 0 Å². The molecule has 6 aromatic rings. The normalized spacial score (nSPS) is 15.9. The molecule has 0 radical (unpaired) electrons. The average Bonchev–Trinajstić information content (AvgIpc) is 3.41. The topological polar surface area (TPSA) is 12.9 Å². The van der Waals surface area contributed by atoms with Crippen molar-refractivity contribution in [1.29, 1.82) is 0 Å². The summed E-state index contributed by atoms with van der Waals surface area (Å²) in [6.45, 7) is 9.08. The van der Waals surface area contributed by atoms with Gasteiger partial charge in [-0.15, -0.1) is 11.3 Å². The molecule has 0 saturated carbocycles. The van der Waals surface area contributed by atoms with Crippen molar-refractivity contribution in [2.75, 3.05) is 0 Å². The maximum atomic E-state index is 4.94. The minimum absolute atomic E-state index is 0.352. The summed E-state index contributed by atoms with van der Waals surface area (Å²) in [5.41, 5.74) is 8.06. The minimum atomic E-state index is 0.352. The van der Waals surface area contributed by atoms with Gasteiger partial charge in [0.2, 0.25) is 0 Å². The number of thiophene rings is 1. The summed E-state index contributed by atoms with van der Waals surface area (Å²) in [5.74, 6) is 1.29. The van der Waals surface area contributed by atoms with Crippen molar-refractivity contribution in [3.8, 4) is 0 Å². The second kappa shape index (κ2) is 11.6. The minimum Gasteiger partial charge on any atom is -0.256 e. The molecule has 0 amide bonds. The van der Waals surface area contributed by atoms with Crippen molar-refractivity contribution in [3.05, 3.63) is 129 Å². The molecule has 0 saturated heterocycles. The first-order chi connectivity index (χ1) is 21.0. The van der Waals surface area contributed by atoms with E-state index in [1.165, 1.54) is 63.8 Å². The molecule has 1 nitrogen and oxygen atoms in total. The largest absolute Gasteiger partial charge is 0.256 e. The zero-order valence-electron chi connectivity index (χ0n) is 25.6. The van der Waals surface area contributed by atoms with Crippen LogP contribution in [0.25, 0.3) is 49.5 Å². The highest BCUT2D eigenvalue weighted by molar-refractivity contribution is 7.17. The Balaban J connectivity index is 1.36. The van der Waals surface area contributed by atoms with Crippen molar-refractivity contribution >= 4 is 60.8 Å². The molecule has 2 aromatic heterocycles. The summed E-state index contributed by atoms with van der Waals surface area (Å²) in [7, 11) is 0. The van der Waals surface area contributed by atoms with E-state index in [0.717, 1.165) is 24.8 Å². The van der Waals surface area contributed by atoms with E-state index in [0.29, 0.717) is 17.8 Å². The fraction of sp³-hybridized carbons (Fsp3) is 0.244. The Labute approximate surface area is 258 Å². The highest BCUT2D eigenvalue weighted by atomic mass is 32.1. The van der Waals surface area contributed by atoms with Gasteiger partial charge in [-0.25, -0.2) is 0 Å². The number of hydrogen-bond acceptors (Lipinski definition) is 2. The zero-order chi connectivity index (χ0) is 29.5. The van der Waals surface area contributed by atoms with E-state index in [2.05, 4.69) is 137 Å². The lowest BCUT2D eigenvalue weighted by Gasteiger charge is -2.25. The fourth-order valence-electron chi connectivity index (χ4n) is 7.16. The van der Waals surface area contributed by atoms with E-state index in [9.17, 15) is 0 Å². The predicted octanol–water partition coefficient (Wildman–Crippen LogP) is 10.1. The number of aromatic nitrogens is 1. The molecule has 0 bridgehead atoms. The smallest absolute Gasteiger partial charge is 0.0702 e. The molecule has 2 unspecified atom stereocenters. The summed E-state index contributed by atoms with van der Waals surface area (Å²) >= 11 is 1.93. The molecule has 2 atom stereocenters. The van der Waals surface area contributed by atoms with E-state index < -0.39 is 0 Å². The Morgan fingerprint density at radius 1 is 0.930 bits per heavy atom. The quantitative estimate of drug-likeness (QED) is 0.184. The molecule has 0 aliphatic heterocycles. The van der Waals surface area contributed by atoms with Gasteiger partial charge in [-0.3, -0.25) is 4.98 Å². The third-order valence-corrected chi connectivity index (χ3v) is 10.6. The van der Waals surface area contributed by atoms with Crippen LogP contribution in [-0.4, -0.2) is 4.98 Å². The first kappa shape index (κ1) is 27.8. The van der Waals surface area contributed by atoms with Crippen LogP contribution in [0.2, 0.25) is 0 Å². The van der Waals surface area contributed by atoms with Crippen LogP contribution in [0.15, 0.2) is 97.2 Å². The molecular formula is C41H39NS. The van der Waals surface area contributed by atoms with Gasteiger partial charge in [0.25, 0.3) is 0 Å². The summed E-state index contributed by atoms with van der Waals surface area (Å²) in [4.78, 5) is 4.94. The van der Waals surface area contributed by atoms with Gasteiger partial charge >= 0.3 is 0 Å². The van der Waals surface area contributed by atoms with Crippen LogP contribution >= 0.6 is 11.3 Å². The highest BCUT2D eigenvalue weighted by Gasteiger charge is 2.23. The fourth-order valence-corrected chi connectivity index (χ4v) is 8.30. The number of para-hydroxylation sites is 1. The van der Waals surface area contributed by atoms with Crippen LogP contribution in [0.4, 0.5) is 0 Å². The molecule has 1 aliphatic carbocycles. The van der Waals surface area contributed by atoms with Gasteiger partial charge in [-0.05, 0) is 118 Å².